The van der Waals surface area contributed by atoms with Gasteiger partial charge in [0, 0.05) is 18.9 Å². The normalized spacial score (nSPS) is 10.2. The van der Waals surface area contributed by atoms with Gasteiger partial charge in [-0.2, -0.15) is 5.10 Å². The van der Waals surface area contributed by atoms with Crippen LogP contribution < -0.4 is 5.32 Å². The largest absolute Gasteiger partial charge is 0.480 e. The van der Waals surface area contributed by atoms with E-state index in [0.717, 1.165) is 13.0 Å². The number of carboxylic acid groups (broad SMARTS) is 1. The van der Waals surface area contributed by atoms with Crippen molar-refractivity contribution in [2.24, 2.45) is 0 Å². The lowest BCUT2D eigenvalue weighted by molar-refractivity contribution is -0.135. The highest BCUT2D eigenvalue weighted by atomic mass is 16.4. The van der Waals surface area contributed by atoms with Crippen molar-refractivity contribution in [1.29, 1.82) is 0 Å². The molecule has 0 fully saturated rings. The van der Waals surface area contributed by atoms with E-state index < -0.39 is 5.97 Å². The Morgan fingerprint density at radius 2 is 2.46 bits per heavy atom. The van der Waals surface area contributed by atoms with Gasteiger partial charge in [-0.25, -0.2) is 0 Å². The van der Waals surface area contributed by atoms with E-state index in [4.69, 9.17) is 5.11 Å². The first-order chi connectivity index (χ1) is 6.29. The van der Waals surface area contributed by atoms with Gasteiger partial charge < -0.3 is 10.4 Å². The van der Waals surface area contributed by atoms with Crippen molar-refractivity contribution in [3.63, 3.8) is 0 Å². The predicted molar refractivity (Wildman–Crippen MR) is 47.3 cm³/mol. The van der Waals surface area contributed by atoms with Gasteiger partial charge in [-0.3, -0.25) is 9.48 Å². The number of aromatic nitrogens is 2. The maximum Gasteiger partial charge on any atom is 0.317 e. The average Bonchev–Trinajstić information content (AvgIpc) is 2.55. The lowest BCUT2D eigenvalue weighted by atomic mass is 10.4. The summed E-state index contributed by atoms with van der Waals surface area (Å²) in [5.74, 6) is -0.820. The number of hydrogen-bond donors (Lipinski definition) is 2. The maximum absolute atomic E-state index is 10.1. The minimum atomic E-state index is -0.820. The summed E-state index contributed by atoms with van der Waals surface area (Å²) >= 11 is 0. The Bertz CT molecular complexity index is 246. The zero-order valence-electron chi connectivity index (χ0n) is 7.31. The zero-order valence-corrected chi connectivity index (χ0v) is 7.31. The van der Waals surface area contributed by atoms with Crippen LogP contribution in [0.2, 0.25) is 0 Å². The van der Waals surface area contributed by atoms with Crippen molar-refractivity contribution in [3.05, 3.63) is 18.5 Å². The predicted octanol–water partition coefficient (Wildman–Crippen LogP) is -0.0526. The highest BCUT2D eigenvalue weighted by Crippen LogP contribution is 1.87. The summed E-state index contributed by atoms with van der Waals surface area (Å²) in [6, 6.07) is 1.87. The number of hydrogen-bond acceptors (Lipinski definition) is 3. The van der Waals surface area contributed by atoms with Gasteiger partial charge in [0.05, 0.1) is 6.54 Å². The quantitative estimate of drug-likeness (QED) is 0.607. The second-order valence-corrected chi connectivity index (χ2v) is 2.69. The van der Waals surface area contributed by atoms with Crippen molar-refractivity contribution in [3.8, 4) is 0 Å². The molecule has 0 saturated heterocycles. The first-order valence-electron chi connectivity index (χ1n) is 4.19. The number of nitrogens with one attached hydrogen (secondary N) is 1. The smallest absolute Gasteiger partial charge is 0.317 e. The second kappa shape index (κ2) is 5.31. The number of rotatable bonds is 6. The van der Waals surface area contributed by atoms with Crippen molar-refractivity contribution in [2.75, 3.05) is 13.1 Å². The van der Waals surface area contributed by atoms with Gasteiger partial charge in [0.15, 0.2) is 0 Å². The molecule has 13 heavy (non-hydrogen) atoms. The van der Waals surface area contributed by atoms with Crippen molar-refractivity contribution in [2.45, 2.75) is 13.0 Å². The number of carboxylic acids is 1. The highest BCUT2D eigenvalue weighted by Gasteiger charge is 1.94. The lowest BCUT2D eigenvalue weighted by Gasteiger charge is -2.01. The minimum absolute atomic E-state index is 0.0269. The molecule has 0 atom stereocenters. The summed E-state index contributed by atoms with van der Waals surface area (Å²) in [6.45, 7) is 1.55. The molecule has 0 spiro atoms. The lowest BCUT2D eigenvalue weighted by Crippen LogP contribution is -2.24. The fourth-order valence-electron chi connectivity index (χ4n) is 0.994. The van der Waals surface area contributed by atoms with Gasteiger partial charge in [-0.05, 0) is 19.0 Å². The highest BCUT2D eigenvalue weighted by molar-refractivity contribution is 5.68. The molecule has 0 amide bonds. The Morgan fingerprint density at radius 3 is 3.08 bits per heavy atom. The van der Waals surface area contributed by atoms with E-state index in [-0.39, 0.29) is 6.54 Å². The monoisotopic (exact) mass is 183 g/mol. The van der Waals surface area contributed by atoms with Crippen LogP contribution in [0.25, 0.3) is 0 Å². The van der Waals surface area contributed by atoms with Crippen LogP contribution in [0.5, 0.6) is 0 Å². The summed E-state index contributed by atoms with van der Waals surface area (Å²) in [6.07, 6.45) is 4.50. The van der Waals surface area contributed by atoms with E-state index in [1.807, 2.05) is 16.9 Å². The van der Waals surface area contributed by atoms with Crippen LogP contribution in [0.1, 0.15) is 6.42 Å². The Balaban J connectivity index is 1.99. The van der Waals surface area contributed by atoms with E-state index in [0.29, 0.717) is 6.54 Å². The molecule has 72 valence electrons. The molecule has 2 N–H and O–H groups in total. The van der Waals surface area contributed by atoms with Gasteiger partial charge in [0.2, 0.25) is 0 Å². The molecule has 1 rings (SSSR count). The van der Waals surface area contributed by atoms with E-state index in [1.54, 1.807) is 6.20 Å². The molecule has 0 aliphatic heterocycles. The van der Waals surface area contributed by atoms with Gasteiger partial charge in [-0.1, -0.05) is 0 Å². The summed E-state index contributed by atoms with van der Waals surface area (Å²) in [4.78, 5) is 10.1. The van der Waals surface area contributed by atoms with E-state index >= 15 is 0 Å². The van der Waals surface area contributed by atoms with Crippen LogP contribution in [-0.4, -0.2) is 33.9 Å². The molecule has 1 heterocycles. The topological polar surface area (TPSA) is 67.2 Å². The maximum atomic E-state index is 10.1. The van der Waals surface area contributed by atoms with Gasteiger partial charge in [-0.15, -0.1) is 0 Å². The third-order valence-corrected chi connectivity index (χ3v) is 1.58. The molecule has 0 radical (unpaired) electrons. The Kier molecular flexibility index (Phi) is 3.98. The molecule has 0 unspecified atom stereocenters. The fourth-order valence-corrected chi connectivity index (χ4v) is 0.994. The molecule has 0 aromatic carbocycles. The van der Waals surface area contributed by atoms with Crippen molar-refractivity contribution in [1.82, 2.24) is 15.1 Å². The van der Waals surface area contributed by atoms with Crippen molar-refractivity contribution < 1.29 is 9.90 Å². The zero-order chi connectivity index (χ0) is 9.52. The summed E-state index contributed by atoms with van der Waals surface area (Å²) in [5, 5.41) is 15.1. The Morgan fingerprint density at radius 1 is 1.62 bits per heavy atom. The van der Waals surface area contributed by atoms with Gasteiger partial charge in [0.1, 0.15) is 0 Å². The fraction of sp³-hybridized carbons (Fsp3) is 0.500. The summed E-state index contributed by atoms with van der Waals surface area (Å²) in [5.41, 5.74) is 0. The third-order valence-electron chi connectivity index (χ3n) is 1.58. The van der Waals surface area contributed by atoms with E-state index in [1.165, 1.54) is 0 Å². The molecule has 5 nitrogen and oxygen atoms in total. The van der Waals surface area contributed by atoms with Crippen LogP contribution in [0.4, 0.5) is 0 Å². The molecule has 5 heteroatoms. The van der Waals surface area contributed by atoms with Crippen LogP contribution >= 0.6 is 0 Å². The third kappa shape index (κ3) is 4.27. The molecular formula is C8H13N3O2. The number of aryl methyl sites for hydroxylation is 1. The Labute approximate surface area is 76.4 Å². The minimum Gasteiger partial charge on any atom is -0.480 e. The van der Waals surface area contributed by atoms with Crippen molar-refractivity contribution >= 4 is 5.97 Å². The van der Waals surface area contributed by atoms with Crippen LogP contribution in [0.3, 0.4) is 0 Å². The Hall–Kier alpha value is -1.36. The number of aliphatic carboxylic acids is 1. The van der Waals surface area contributed by atoms with Gasteiger partial charge in [0.25, 0.3) is 0 Å². The molecule has 0 saturated carbocycles. The summed E-state index contributed by atoms with van der Waals surface area (Å²) in [7, 11) is 0. The van der Waals surface area contributed by atoms with Crippen LogP contribution in [0.15, 0.2) is 18.5 Å². The molecule has 0 aliphatic carbocycles. The van der Waals surface area contributed by atoms with E-state index in [9.17, 15) is 4.79 Å². The van der Waals surface area contributed by atoms with Crippen LogP contribution in [-0.2, 0) is 11.3 Å². The first kappa shape index (κ1) is 9.73. The summed E-state index contributed by atoms with van der Waals surface area (Å²) < 4.78 is 1.82. The second-order valence-electron chi connectivity index (χ2n) is 2.69. The number of nitrogens with zero attached hydrogens (tertiary/aromatic N) is 2. The molecule has 1 aromatic rings. The SMILES string of the molecule is O=C(O)CNCCCn1cccn1. The number of carbonyl (C=O) groups is 1. The average molecular weight is 183 g/mol. The molecule has 1 aromatic heterocycles. The van der Waals surface area contributed by atoms with Crippen LogP contribution in [0, 0.1) is 0 Å². The van der Waals surface area contributed by atoms with Gasteiger partial charge >= 0.3 is 5.97 Å². The van der Waals surface area contributed by atoms with E-state index in [2.05, 4.69) is 10.4 Å². The molecule has 0 bridgehead atoms. The molecular weight excluding hydrogens is 170 g/mol. The molecule has 0 aliphatic rings. The standard InChI is InChI=1S/C8H13N3O2/c12-8(13)7-9-3-1-5-11-6-2-4-10-11/h2,4,6,9H,1,3,5,7H2,(H,12,13). The first-order valence-corrected chi connectivity index (χ1v) is 4.19.